The lowest BCUT2D eigenvalue weighted by Crippen LogP contribution is -2.15. The van der Waals surface area contributed by atoms with Gasteiger partial charge in [-0.1, -0.05) is 36.7 Å². The molecule has 0 spiro atoms. The quantitative estimate of drug-likeness (QED) is 0.808. The van der Waals surface area contributed by atoms with Gasteiger partial charge >= 0.3 is 0 Å². The molecule has 0 aliphatic heterocycles. The predicted octanol–water partition coefficient (Wildman–Crippen LogP) is 3.80. The lowest BCUT2D eigenvalue weighted by Gasteiger charge is -2.21. The number of pyridine rings is 1. The molecule has 0 aliphatic rings. The molecule has 0 radical (unpaired) electrons. The van der Waals surface area contributed by atoms with E-state index in [1.165, 1.54) is 12.3 Å². The van der Waals surface area contributed by atoms with Crippen molar-refractivity contribution in [1.82, 2.24) is 4.98 Å². The maximum absolute atomic E-state index is 11.2. The summed E-state index contributed by atoms with van der Waals surface area (Å²) < 4.78 is 5.68. The number of hydrogen-bond acceptors (Lipinski definition) is 4. The molecule has 1 aromatic carbocycles. The van der Waals surface area contributed by atoms with Crippen LogP contribution in [0.2, 0.25) is 5.02 Å². The third-order valence-corrected chi connectivity index (χ3v) is 3.73. The summed E-state index contributed by atoms with van der Waals surface area (Å²) in [6.45, 7) is 4.61. The zero-order valence-electron chi connectivity index (χ0n) is 13.2. The minimum atomic E-state index is -0.556. The fraction of sp³-hybridized carbons (Fsp3) is 0.294. The molecule has 5 nitrogen and oxygen atoms in total. The van der Waals surface area contributed by atoms with E-state index < -0.39 is 5.91 Å². The van der Waals surface area contributed by atoms with Crippen LogP contribution < -0.4 is 15.8 Å². The molecule has 1 unspecified atom stereocenters. The van der Waals surface area contributed by atoms with E-state index >= 15 is 0 Å². The van der Waals surface area contributed by atoms with Gasteiger partial charge in [-0.15, -0.1) is 0 Å². The molecule has 0 aliphatic carbocycles. The number of hydrogen-bond donors (Lipinski definition) is 2. The van der Waals surface area contributed by atoms with E-state index in [2.05, 4.69) is 17.2 Å². The maximum Gasteiger partial charge on any atom is 0.250 e. The Hall–Kier alpha value is -2.27. The van der Waals surface area contributed by atoms with Crippen molar-refractivity contribution >= 4 is 23.3 Å². The molecule has 3 N–H and O–H groups in total. The highest BCUT2D eigenvalue weighted by Crippen LogP contribution is 2.31. The molecule has 23 heavy (non-hydrogen) atoms. The molecular formula is C17H20ClN3O2. The second-order valence-corrected chi connectivity index (χ2v) is 5.40. The summed E-state index contributed by atoms with van der Waals surface area (Å²) >= 11 is 6.20. The van der Waals surface area contributed by atoms with Gasteiger partial charge in [0.2, 0.25) is 5.91 Å². The van der Waals surface area contributed by atoms with Gasteiger partial charge in [0.1, 0.15) is 11.6 Å². The number of nitrogens with zero attached hydrogens (tertiary/aromatic N) is 1. The molecule has 0 saturated carbocycles. The Balaban J connectivity index is 2.28. The molecule has 1 atom stereocenters. The number of carbonyl (C=O) groups excluding carboxylic acids is 1. The number of para-hydroxylation sites is 1. The number of carbonyl (C=O) groups is 1. The van der Waals surface area contributed by atoms with E-state index in [0.29, 0.717) is 17.4 Å². The van der Waals surface area contributed by atoms with Crippen LogP contribution in [0.1, 0.15) is 42.2 Å². The summed E-state index contributed by atoms with van der Waals surface area (Å²) in [4.78, 5) is 15.4. The molecule has 0 fully saturated rings. The van der Waals surface area contributed by atoms with Crippen molar-refractivity contribution in [3.63, 3.8) is 0 Å². The molecule has 2 rings (SSSR count). The lowest BCUT2D eigenvalue weighted by atomic mass is 10.0. The summed E-state index contributed by atoms with van der Waals surface area (Å²) in [5.74, 6) is 0.786. The van der Waals surface area contributed by atoms with E-state index in [-0.39, 0.29) is 11.6 Å². The highest BCUT2D eigenvalue weighted by Gasteiger charge is 2.16. The first-order chi connectivity index (χ1) is 11.1. The SMILES string of the molecule is CCOc1ccccc1C(CC)Nc1ncc(C(N)=O)cc1Cl. The van der Waals surface area contributed by atoms with E-state index in [1.54, 1.807) is 0 Å². The van der Waals surface area contributed by atoms with E-state index in [4.69, 9.17) is 22.1 Å². The van der Waals surface area contributed by atoms with Crippen molar-refractivity contribution in [2.75, 3.05) is 11.9 Å². The van der Waals surface area contributed by atoms with Crippen molar-refractivity contribution in [3.8, 4) is 5.75 Å². The first-order valence-corrected chi connectivity index (χ1v) is 7.88. The Labute approximate surface area is 140 Å². The van der Waals surface area contributed by atoms with Crippen LogP contribution >= 0.6 is 11.6 Å². The van der Waals surface area contributed by atoms with Gasteiger partial charge in [0.25, 0.3) is 0 Å². The normalized spacial score (nSPS) is 11.8. The zero-order chi connectivity index (χ0) is 16.8. The number of nitrogens with two attached hydrogens (primary N) is 1. The monoisotopic (exact) mass is 333 g/mol. The first-order valence-electron chi connectivity index (χ1n) is 7.50. The molecule has 0 saturated heterocycles. The van der Waals surface area contributed by atoms with Gasteiger partial charge in [-0.05, 0) is 25.5 Å². The van der Waals surface area contributed by atoms with Crippen molar-refractivity contribution in [3.05, 3.63) is 52.7 Å². The standard InChI is InChI=1S/C17H20ClN3O2/c1-3-14(12-7-5-6-8-15(12)23-4-2)21-17-13(18)9-11(10-20-17)16(19)22/h5-10,14H,3-4H2,1-2H3,(H2,19,22)(H,20,21). The topological polar surface area (TPSA) is 77.2 Å². The smallest absolute Gasteiger partial charge is 0.250 e. The van der Waals surface area contributed by atoms with Crippen LogP contribution in [0.3, 0.4) is 0 Å². The van der Waals surface area contributed by atoms with Crippen LogP contribution in [0.4, 0.5) is 5.82 Å². The summed E-state index contributed by atoms with van der Waals surface area (Å²) in [5.41, 5.74) is 6.55. The van der Waals surface area contributed by atoms with Crippen molar-refractivity contribution < 1.29 is 9.53 Å². The molecule has 6 heteroatoms. The Bertz CT molecular complexity index is 691. The van der Waals surface area contributed by atoms with Crippen molar-refractivity contribution in [1.29, 1.82) is 0 Å². The number of nitrogens with one attached hydrogen (secondary N) is 1. The largest absolute Gasteiger partial charge is 0.494 e. The van der Waals surface area contributed by atoms with Crippen LogP contribution in [0, 0.1) is 0 Å². The lowest BCUT2D eigenvalue weighted by molar-refractivity contribution is 0.1000. The average Bonchev–Trinajstić information content (AvgIpc) is 2.54. The first kappa shape index (κ1) is 17.1. The minimum Gasteiger partial charge on any atom is -0.494 e. The number of ether oxygens (including phenoxy) is 1. The fourth-order valence-electron chi connectivity index (χ4n) is 2.30. The second-order valence-electron chi connectivity index (χ2n) is 4.99. The van der Waals surface area contributed by atoms with Crippen LogP contribution in [0.15, 0.2) is 36.5 Å². The van der Waals surface area contributed by atoms with Crippen LogP contribution in [-0.2, 0) is 0 Å². The molecule has 1 heterocycles. The molecular weight excluding hydrogens is 314 g/mol. The van der Waals surface area contributed by atoms with Crippen molar-refractivity contribution in [2.45, 2.75) is 26.3 Å². The number of primary amides is 1. The van der Waals surface area contributed by atoms with E-state index in [9.17, 15) is 4.79 Å². The summed E-state index contributed by atoms with van der Waals surface area (Å²) in [6, 6.07) is 9.36. The highest BCUT2D eigenvalue weighted by molar-refractivity contribution is 6.33. The van der Waals surface area contributed by atoms with Gasteiger partial charge in [-0.25, -0.2) is 4.98 Å². The third-order valence-electron chi connectivity index (χ3n) is 3.44. The van der Waals surface area contributed by atoms with Crippen LogP contribution in [0.25, 0.3) is 0 Å². The summed E-state index contributed by atoms with van der Waals surface area (Å²) in [5, 5.41) is 3.66. The molecule has 1 amide bonds. The Morgan fingerprint density at radius 1 is 1.39 bits per heavy atom. The van der Waals surface area contributed by atoms with Crippen LogP contribution in [0.5, 0.6) is 5.75 Å². The number of amides is 1. The van der Waals surface area contributed by atoms with Crippen LogP contribution in [-0.4, -0.2) is 17.5 Å². The van der Waals surface area contributed by atoms with E-state index in [1.807, 2.05) is 31.2 Å². The fourth-order valence-corrected chi connectivity index (χ4v) is 2.52. The minimum absolute atomic E-state index is 0.0119. The van der Waals surface area contributed by atoms with Gasteiger partial charge in [0.15, 0.2) is 0 Å². The van der Waals surface area contributed by atoms with Gasteiger partial charge in [0.05, 0.1) is 23.2 Å². The maximum atomic E-state index is 11.2. The predicted molar refractivity (Wildman–Crippen MR) is 92.0 cm³/mol. The zero-order valence-corrected chi connectivity index (χ0v) is 13.9. The van der Waals surface area contributed by atoms with E-state index in [0.717, 1.165) is 17.7 Å². The Morgan fingerprint density at radius 2 is 2.13 bits per heavy atom. The second kappa shape index (κ2) is 7.83. The molecule has 1 aromatic heterocycles. The molecule has 2 aromatic rings. The number of aromatic nitrogens is 1. The number of benzene rings is 1. The molecule has 122 valence electrons. The number of halogens is 1. The summed E-state index contributed by atoms with van der Waals surface area (Å²) in [7, 11) is 0. The van der Waals surface area contributed by atoms with Gasteiger partial charge < -0.3 is 15.8 Å². The highest BCUT2D eigenvalue weighted by atomic mass is 35.5. The summed E-state index contributed by atoms with van der Waals surface area (Å²) in [6.07, 6.45) is 2.23. The number of anilines is 1. The van der Waals surface area contributed by atoms with Gasteiger partial charge in [-0.2, -0.15) is 0 Å². The third kappa shape index (κ3) is 4.13. The molecule has 0 bridgehead atoms. The van der Waals surface area contributed by atoms with Gasteiger partial charge in [-0.3, -0.25) is 4.79 Å². The average molecular weight is 334 g/mol. The Kier molecular flexibility index (Phi) is 5.82. The van der Waals surface area contributed by atoms with Crippen molar-refractivity contribution in [2.24, 2.45) is 5.73 Å². The Morgan fingerprint density at radius 3 is 2.74 bits per heavy atom. The van der Waals surface area contributed by atoms with Gasteiger partial charge in [0, 0.05) is 11.8 Å². The number of rotatable bonds is 7.